The Morgan fingerprint density at radius 2 is 1.75 bits per heavy atom. The van der Waals surface area contributed by atoms with E-state index in [1.807, 2.05) is 20.8 Å². The highest BCUT2D eigenvalue weighted by Crippen LogP contribution is 2.13. The molecule has 0 fully saturated rings. The molecule has 0 heterocycles. The van der Waals surface area contributed by atoms with Gasteiger partial charge in [0.05, 0.1) is 0 Å². The van der Waals surface area contributed by atoms with Gasteiger partial charge in [0, 0.05) is 5.41 Å². The third kappa shape index (κ3) is 3.37. The first-order chi connectivity index (χ1) is 5.25. The zero-order valence-corrected chi connectivity index (χ0v) is 8.09. The Hall–Kier alpha value is -1.06. The fourth-order valence-electron chi connectivity index (χ4n) is 0.466. The number of carbonyl (C=O) groups excluding carboxylic acids is 1. The van der Waals surface area contributed by atoms with Gasteiger partial charge in [0.1, 0.15) is 11.9 Å². The monoisotopic (exact) mass is 171 g/mol. The van der Waals surface area contributed by atoms with E-state index < -0.39 is 11.9 Å². The van der Waals surface area contributed by atoms with E-state index in [1.54, 1.807) is 6.92 Å². The van der Waals surface area contributed by atoms with Gasteiger partial charge in [0.15, 0.2) is 0 Å². The van der Waals surface area contributed by atoms with Gasteiger partial charge in [-0.2, -0.15) is 0 Å². The number of aliphatic imine (C=N–C) groups is 1. The Labute approximate surface area is 73.0 Å². The maximum Gasteiger partial charge on any atom is 0.242 e. The van der Waals surface area contributed by atoms with Crippen LogP contribution in [0.4, 0.5) is 0 Å². The smallest absolute Gasteiger partial charge is 0.242 e. The van der Waals surface area contributed by atoms with Crippen LogP contribution < -0.4 is 11.5 Å². The van der Waals surface area contributed by atoms with Crippen molar-refractivity contribution in [3.05, 3.63) is 0 Å². The minimum atomic E-state index is -0.538. The van der Waals surface area contributed by atoms with Crippen LogP contribution in [-0.2, 0) is 4.79 Å². The average molecular weight is 171 g/mol. The Morgan fingerprint density at radius 1 is 1.33 bits per heavy atom. The Kier molecular flexibility index (Phi) is 3.24. The molecule has 0 aliphatic rings. The summed E-state index contributed by atoms with van der Waals surface area (Å²) >= 11 is 0. The molecular formula is C8H17N3O. The molecule has 4 nitrogen and oxygen atoms in total. The zero-order valence-electron chi connectivity index (χ0n) is 8.09. The van der Waals surface area contributed by atoms with Gasteiger partial charge >= 0.3 is 0 Å². The first-order valence-electron chi connectivity index (χ1n) is 3.88. The molecule has 0 saturated heterocycles. The maximum absolute atomic E-state index is 10.6. The Balaban J connectivity index is 4.47. The van der Waals surface area contributed by atoms with E-state index in [2.05, 4.69) is 4.99 Å². The van der Waals surface area contributed by atoms with Crippen LogP contribution in [0.5, 0.6) is 0 Å². The van der Waals surface area contributed by atoms with Crippen molar-refractivity contribution in [1.82, 2.24) is 0 Å². The average Bonchev–Trinajstić information content (AvgIpc) is 1.85. The van der Waals surface area contributed by atoms with Crippen LogP contribution in [0.15, 0.2) is 4.99 Å². The lowest BCUT2D eigenvalue weighted by atomic mass is 9.95. The molecule has 0 bridgehead atoms. The van der Waals surface area contributed by atoms with Gasteiger partial charge in [0.25, 0.3) is 0 Å². The van der Waals surface area contributed by atoms with Crippen LogP contribution in [0, 0.1) is 5.41 Å². The summed E-state index contributed by atoms with van der Waals surface area (Å²) in [5, 5.41) is 0. The molecule has 0 spiro atoms. The van der Waals surface area contributed by atoms with Crippen LogP contribution in [0.2, 0.25) is 0 Å². The van der Waals surface area contributed by atoms with Crippen molar-refractivity contribution in [1.29, 1.82) is 0 Å². The van der Waals surface area contributed by atoms with Crippen molar-refractivity contribution in [3.63, 3.8) is 0 Å². The van der Waals surface area contributed by atoms with Crippen LogP contribution in [0.3, 0.4) is 0 Å². The first kappa shape index (κ1) is 10.9. The minimum absolute atomic E-state index is 0.205. The van der Waals surface area contributed by atoms with Crippen molar-refractivity contribution < 1.29 is 4.79 Å². The van der Waals surface area contributed by atoms with Gasteiger partial charge in [-0.3, -0.25) is 9.79 Å². The lowest BCUT2D eigenvalue weighted by molar-refractivity contribution is -0.118. The molecule has 12 heavy (non-hydrogen) atoms. The predicted octanol–water partition coefficient (Wildman–Crippen LogP) is 0.263. The van der Waals surface area contributed by atoms with Gasteiger partial charge in [-0.25, -0.2) is 0 Å². The molecule has 0 rings (SSSR count). The Bertz CT molecular complexity index is 203. The van der Waals surface area contributed by atoms with Crippen molar-refractivity contribution in [2.75, 3.05) is 0 Å². The predicted molar refractivity (Wildman–Crippen MR) is 49.7 cm³/mol. The summed E-state index contributed by atoms with van der Waals surface area (Å²) in [6, 6.07) is -0.538. The lowest BCUT2D eigenvalue weighted by Crippen LogP contribution is -2.33. The summed E-state index contributed by atoms with van der Waals surface area (Å²) in [4.78, 5) is 14.6. The summed E-state index contributed by atoms with van der Waals surface area (Å²) in [6.07, 6.45) is 0. The summed E-state index contributed by atoms with van der Waals surface area (Å²) in [6.45, 7) is 7.42. The van der Waals surface area contributed by atoms with Gasteiger partial charge in [-0.1, -0.05) is 20.8 Å². The van der Waals surface area contributed by atoms with Gasteiger partial charge in [-0.15, -0.1) is 0 Å². The number of nitrogens with two attached hydrogens (primary N) is 2. The van der Waals surface area contributed by atoms with Crippen LogP contribution in [-0.4, -0.2) is 17.8 Å². The van der Waals surface area contributed by atoms with E-state index in [0.29, 0.717) is 5.84 Å². The molecule has 0 aromatic carbocycles. The van der Waals surface area contributed by atoms with Crippen molar-refractivity contribution in [2.24, 2.45) is 21.9 Å². The van der Waals surface area contributed by atoms with E-state index in [1.165, 1.54) is 0 Å². The number of amidine groups is 1. The largest absolute Gasteiger partial charge is 0.387 e. The second-order valence-corrected chi connectivity index (χ2v) is 3.84. The number of carbonyl (C=O) groups is 1. The summed E-state index contributed by atoms with van der Waals surface area (Å²) < 4.78 is 0. The number of rotatable bonds is 2. The van der Waals surface area contributed by atoms with E-state index in [9.17, 15) is 4.79 Å². The molecule has 0 aliphatic carbocycles. The van der Waals surface area contributed by atoms with Crippen molar-refractivity contribution in [3.8, 4) is 0 Å². The van der Waals surface area contributed by atoms with E-state index in [4.69, 9.17) is 11.5 Å². The quantitative estimate of drug-likeness (QED) is 0.461. The van der Waals surface area contributed by atoms with Crippen LogP contribution >= 0.6 is 0 Å². The highest BCUT2D eigenvalue weighted by Gasteiger charge is 2.17. The van der Waals surface area contributed by atoms with E-state index in [-0.39, 0.29) is 5.41 Å². The van der Waals surface area contributed by atoms with E-state index >= 15 is 0 Å². The molecule has 0 saturated carbocycles. The molecule has 0 aromatic rings. The fraction of sp³-hybridized carbons (Fsp3) is 0.750. The number of amides is 1. The topological polar surface area (TPSA) is 81.5 Å². The zero-order chi connectivity index (χ0) is 9.94. The summed E-state index contributed by atoms with van der Waals surface area (Å²) in [7, 11) is 0. The van der Waals surface area contributed by atoms with Crippen LogP contribution in [0.1, 0.15) is 27.7 Å². The van der Waals surface area contributed by atoms with Crippen molar-refractivity contribution >= 4 is 11.7 Å². The molecule has 4 heteroatoms. The molecule has 1 amide bonds. The van der Waals surface area contributed by atoms with Gasteiger partial charge in [0.2, 0.25) is 5.91 Å². The molecule has 0 aliphatic heterocycles. The second kappa shape index (κ2) is 3.56. The maximum atomic E-state index is 10.6. The first-order valence-corrected chi connectivity index (χ1v) is 3.88. The van der Waals surface area contributed by atoms with Gasteiger partial charge in [-0.05, 0) is 6.92 Å². The third-order valence-corrected chi connectivity index (χ3v) is 1.51. The third-order valence-electron chi connectivity index (χ3n) is 1.51. The fourth-order valence-corrected chi connectivity index (χ4v) is 0.466. The number of nitrogens with zero attached hydrogens (tertiary/aromatic N) is 1. The second-order valence-electron chi connectivity index (χ2n) is 3.84. The highest BCUT2D eigenvalue weighted by molar-refractivity contribution is 5.89. The number of hydrogen-bond acceptors (Lipinski definition) is 2. The molecule has 0 radical (unpaired) electrons. The number of hydrogen-bond donors (Lipinski definition) is 2. The minimum Gasteiger partial charge on any atom is -0.387 e. The van der Waals surface area contributed by atoms with Crippen LogP contribution in [0.25, 0.3) is 0 Å². The SMILES string of the molecule is CC(N=C(N)C(C)(C)C)C(N)=O. The standard InChI is InChI=1S/C8H17N3O/c1-5(6(9)12)11-7(10)8(2,3)4/h5H,1-4H3,(H2,9,12)(H2,10,11). The Morgan fingerprint density at radius 3 is 2.00 bits per heavy atom. The summed E-state index contributed by atoms with van der Waals surface area (Å²) in [5.74, 6) is -0.00370. The van der Waals surface area contributed by atoms with E-state index in [0.717, 1.165) is 0 Å². The molecule has 1 unspecified atom stereocenters. The lowest BCUT2D eigenvalue weighted by Gasteiger charge is -2.18. The highest BCUT2D eigenvalue weighted by atomic mass is 16.1. The van der Waals surface area contributed by atoms with Crippen molar-refractivity contribution in [2.45, 2.75) is 33.7 Å². The summed E-state index contributed by atoms with van der Waals surface area (Å²) in [5.41, 5.74) is 10.5. The van der Waals surface area contributed by atoms with Gasteiger partial charge < -0.3 is 11.5 Å². The molecular weight excluding hydrogens is 154 g/mol. The molecule has 70 valence electrons. The normalized spacial score (nSPS) is 15.8. The number of primary amides is 1. The molecule has 4 N–H and O–H groups in total. The molecule has 0 aromatic heterocycles. The molecule has 1 atom stereocenters.